The summed E-state index contributed by atoms with van der Waals surface area (Å²) < 4.78 is 5.74. The molecule has 0 bridgehead atoms. The minimum absolute atomic E-state index is 0.0927. The lowest BCUT2D eigenvalue weighted by molar-refractivity contribution is -0.118. The van der Waals surface area contributed by atoms with Gasteiger partial charge in [0.25, 0.3) is 0 Å². The Morgan fingerprint density at radius 3 is 2.86 bits per heavy atom. The Morgan fingerprint density at radius 1 is 1.25 bits per heavy atom. The molecule has 144 valence electrons. The van der Waals surface area contributed by atoms with Gasteiger partial charge in [0.15, 0.2) is 0 Å². The number of carbonyl (C=O) groups is 1. The van der Waals surface area contributed by atoms with Crippen LogP contribution in [0.1, 0.15) is 29.6 Å². The molecule has 0 fully saturated rings. The number of amides is 1. The van der Waals surface area contributed by atoms with Crippen molar-refractivity contribution in [3.8, 4) is 5.75 Å². The predicted octanol–water partition coefficient (Wildman–Crippen LogP) is 5.29. The van der Waals surface area contributed by atoms with Gasteiger partial charge < -0.3 is 9.64 Å². The summed E-state index contributed by atoms with van der Waals surface area (Å²) in [6, 6.07) is 15.6. The molecule has 0 radical (unpaired) electrons. The molecule has 1 amide bonds. The van der Waals surface area contributed by atoms with Crippen LogP contribution in [0, 0.1) is 0 Å². The second kappa shape index (κ2) is 8.33. The van der Waals surface area contributed by atoms with Crippen molar-refractivity contribution < 1.29 is 9.53 Å². The number of anilines is 1. The molecule has 2 aromatic carbocycles. The Bertz CT molecular complexity index is 971. The van der Waals surface area contributed by atoms with Gasteiger partial charge in [0.05, 0.1) is 12.1 Å². The molecule has 28 heavy (non-hydrogen) atoms. The number of benzene rings is 2. The van der Waals surface area contributed by atoms with E-state index in [2.05, 4.69) is 18.0 Å². The van der Waals surface area contributed by atoms with E-state index in [0.717, 1.165) is 35.0 Å². The highest BCUT2D eigenvalue weighted by atomic mass is 35.5. The summed E-state index contributed by atoms with van der Waals surface area (Å²) in [6.07, 6.45) is 2.31. The van der Waals surface area contributed by atoms with Crippen molar-refractivity contribution in [3.63, 3.8) is 0 Å². The molecular weight excluding hydrogens is 392 g/mol. The summed E-state index contributed by atoms with van der Waals surface area (Å²) >= 11 is 7.40. The van der Waals surface area contributed by atoms with Gasteiger partial charge in [-0.3, -0.25) is 4.79 Å². The number of rotatable bonds is 5. The lowest BCUT2D eigenvalue weighted by Gasteiger charge is -2.35. The van der Waals surface area contributed by atoms with Gasteiger partial charge in [-0.1, -0.05) is 29.8 Å². The molecule has 4 rings (SSSR count). The SMILES string of the molecule is CC1CCc2ccccc2N1C(=O)Cc1csc(COc2ccc(Cl)cc2)n1. The number of nitrogens with zero attached hydrogens (tertiary/aromatic N) is 2. The fourth-order valence-corrected chi connectivity index (χ4v) is 4.31. The van der Waals surface area contributed by atoms with Crippen LogP contribution in [0.4, 0.5) is 5.69 Å². The molecule has 1 atom stereocenters. The Hall–Kier alpha value is -2.37. The van der Waals surface area contributed by atoms with E-state index in [4.69, 9.17) is 16.3 Å². The second-order valence-corrected chi connectivity index (χ2v) is 8.31. The zero-order valence-electron chi connectivity index (χ0n) is 15.6. The summed E-state index contributed by atoms with van der Waals surface area (Å²) in [5.74, 6) is 0.839. The molecule has 0 saturated carbocycles. The quantitative estimate of drug-likeness (QED) is 0.572. The van der Waals surface area contributed by atoms with Crippen molar-refractivity contribution in [2.45, 2.75) is 38.8 Å². The normalized spacial score (nSPS) is 15.9. The summed E-state index contributed by atoms with van der Waals surface area (Å²) in [5, 5.41) is 3.47. The molecule has 2 heterocycles. The third kappa shape index (κ3) is 4.21. The molecular formula is C22H21ClN2O2S. The van der Waals surface area contributed by atoms with E-state index in [0.29, 0.717) is 18.1 Å². The lowest BCUT2D eigenvalue weighted by Crippen LogP contribution is -2.43. The minimum atomic E-state index is 0.0927. The first kappa shape index (κ1) is 19.0. The lowest BCUT2D eigenvalue weighted by atomic mass is 9.96. The van der Waals surface area contributed by atoms with Crippen LogP contribution in [0.15, 0.2) is 53.9 Å². The van der Waals surface area contributed by atoms with Gasteiger partial charge in [0, 0.05) is 22.1 Å². The maximum absolute atomic E-state index is 13.0. The van der Waals surface area contributed by atoms with Crippen molar-refractivity contribution >= 4 is 34.5 Å². The van der Waals surface area contributed by atoms with E-state index in [1.54, 1.807) is 12.1 Å². The van der Waals surface area contributed by atoms with Gasteiger partial charge in [-0.15, -0.1) is 11.3 Å². The number of para-hydroxylation sites is 1. The smallest absolute Gasteiger partial charge is 0.233 e. The highest BCUT2D eigenvalue weighted by Crippen LogP contribution is 2.31. The molecule has 1 aliphatic rings. The highest BCUT2D eigenvalue weighted by Gasteiger charge is 2.28. The monoisotopic (exact) mass is 412 g/mol. The predicted molar refractivity (Wildman–Crippen MR) is 113 cm³/mol. The Balaban J connectivity index is 1.41. The van der Waals surface area contributed by atoms with E-state index in [9.17, 15) is 4.79 Å². The first-order valence-corrected chi connectivity index (χ1v) is 10.6. The van der Waals surface area contributed by atoms with Gasteiger partial charge in [0.1, 0.15) is 17.4 Å². The van der Waals surface area contributed by atoms with Crippen molar-refractivity contribution in [1.29, 1.82) is 0 Å². The third-order valence-corrected chi connectivity index (χ3v) is 6.02. The first-order valence-electron chi connectivity index (χ1n) is 9.32. The molecule has 3 aromatic rings. The molecule has 0 aliphatic carbocycles. The summed E-state index contributed by atoms with van der Waals surface area (Å²) in [7, 11) is 0. The van der Waals surface area contributed by atoms with Crippen LogP contribution in [-0.2, 0) is 24.2 Å². The molecule has 0 saturated heterocycles. The van der Waals surface area contributed by atoms with Crippen molar-refractivity contribution in [3.05, 3.63) is 75.2 Å². The highest BCUT2D eigenvalue weighted by molar-refractivity contribution is 7.09. The van der Waals surface area contributed by atoms with Crippen LogP contribution in [0.3, 0.4) is 0 Å². The van der Waals surface area contributed by atoms with Crippen LogP contribution in [0.2, 0.25) is 5.02 Å². The number of fused-ring (bicyclic) bond motifs is 1. The summed E-state index contributed by atoms with van der Waals surface area (Å²) in [6.45, 7) is 2.49. The van der Waals surface area contributed by atoms with Gasteiger partial charge >= 0.3 is 0 Å². The average molecular weight is 413 g/mol. The Morgan fingerprint density at radius 2 is 2.04 bits per heavy atom. The van der Waals surface area contributed by atoms with Crippen LogP contribution in [-0.4, -0.2) is 16.9 Å². The van der Waals surface area contributed by atoms with Crippen LogP contribution >= 0.6 is 22.9 Å². The maximum Gasteiger partial charge on any atom is 0.233 e. The largest absolute Gasteiger partial charge is 0.486 e. The number of aryl methyl sites for hydroxylation is 1. The molecule has 0 N–H and O–H groups in total. The standard InChI is InChI=1S/C22H21ClN2O2S/c1-15-6-7-16-4-2-3-5-20(16)25(15)22(26)12-18-14-28-21(24-18)13-27-19-10-8-17(23)9-11-19/h2-5,8-11,14-15H,6-7,12-13H2,1H3. The minimum Gasteiger partial charge on any atom is -0.486 e. The Labute approximate surface area is 173 Å². The summed E-state index contributed by atoms with van der Waals surface area (Å²) in [5.41, 5.74) is 3.07. The van der Waals surface area contributed by atoms with Crippen molar-refractivity contribution in [1.82, 2.24) is 4.98 Å². The number of hydrogen-bond acceptors (Lipinski definition) is 4. The fourth-order valence-electron chi connectivity index (χ4n) is 3.48. The van der Waals surface area contributed by atoms with Gasteiger partial charge in [-0.25, -0.2) is 4.98 Å². The first-order chi connectivity index (χ1) is 13.6. The topological polar surface area (TPSA) is 42.4 Å². The van der Waals surface area contributed by atoms with Crippen LogP contribution in [0.5, 0.6) is 5.75 Å². The fraction of sp³-hybridized carbons (Fsp3) is 0.273. The van der Waals surface area contributed by atoms with E-state index >= 15 is 0 Å². The van der Waals surface area contributed by atoms with E-state index < -0.39 is 0 Å². The number of ether oxygens (including phenoxy) is 1. The molecule has 6 heteroatoms. The number of carbonyl (C=O) groups excluding carboxylic acids is 1. The zero-order valence-corrected chi connectivity index (χ0v) is 17.2. The molecule has 1 aliphatic heterocycles. The maximum atomic E-state index is 13.0. The van der Waals surface area contributed by atoms with Gasteiger partial charge in [0.2, 0.25) is 5.91 Å². The van der Waals surface area contributed by atoms with Crippen molar-refractivity contribution in [2.75, 3.05) is 4.90 Å². The number of aromatic nitrogens is 1. The molecule has 4 nitrogen and oxygen atoms in total. The number of halogens is 1. The molecule has 1 unspecified atom stereocenters. The van der Waals surface area contributed by atoms with Crippen LogP contribution < -0.4 is 9.64 Å². The number of thiazole rings is 1. The number of hydrogen-bond donors (Lipinski definition) is 0. The van der Waals surface area contributed by atoms with Crippen molar-refractivity contribution in [2.24, 2.45) is 0 Å². The zero-order chi connectivity index (χ0) is 19.5. The average Bonchev–Trinajstić information content (AvgIpc) is 3.14. The van der Waals surface area contributed by atoms with E-state index in [1.165, 1.54) is 16.9 Å². The van der Waals surface area contributed by atoms with E-state index in [1.807, 2.05) is 40.6 Å². The summed E-state index contributed by atoms with van der Waals surface area (Å²) in [4.78, 5) is 19.5. The molecule has 0 spiro atoms. The van der Waals surface area contributed by atoms with Gasteiger partial charge in [-0.05, 0) is 55.7 Å². The van der Waals surface area contributed by atoms with Crippen LogP contribution in [0.25, 0.3) is 0 Å². The third-order valence-electron chi connectivity index (χ3n) is 4.90. The second-order valence-electron chi connectivity index (χ2n) is 6.93. The van der Waals surface area contributed by atoms with Gasteiger partial charge in [-0.2, -0.15) is 0 Å². The molecule has 1 aromatic heterocycles. The van der Waals surface area contributed by atoms with E-state index in [-0.39, 0.29) is 11.9 Å². The Kier molecular flexibility index (Phi) is 5.64.